The van der Waals surface area contributed by atoms with Crippen LogP contribution >= 0.6 is 0 Å². The van der Waals surface area contributed by atoms with Crippen LogP contribution in [0.4, 0.5) is 0 Å². The van der Waals surface area contributed by atoms with Crippen LogP contribution in [-0.4, -0.2) is 17.4 Å². The average molecular weight is 353 g/mol. The third-order valence-corrected chi connectivity index (χ3v) is 6.00. The molecule has 26 heavy (non-hydrogen) atoms. The van der Waals surface area contributed by atoms with Crippen molar-refractivity contribution in [3.63, 3.8) is 0 Å². The van der Waals surface area contributed by atoms with E-state index in [4.69, 9.17) is 11.3 Å². The number of carbonyl (C=O) groups excluding carboxylic acids is 2. The minimum absolute atomic E-state index is 0.0102. The fourth-order valence-corrected chi connectivity index (χ4v) is 4.41. The Bertz CT molecular complexity index is 722. The number of esters is 1. The molecule has 1 aliphatic heterocycles. The zero-order chi connectivity index (χ0) is 18.8. The average Bonchev–Trinajstić information content (AvgIpc) is 3.15. The van der Waals surface area contributed by atoms with E-state index in [-0.39, 0.29) is 18.2 Å². The molecule has 0 spiro atoms. The topological polar surface area (TPSA) is 47.7 Å². The summed E-state index contributed by atoms with van der Waals surface area (Å²) in [5.74, 6) is -0.0642. The summed E-state index contributed by atoms with van der Waals surface area (Å²) in [6.07, 6.45) is 6.06. The third-order valence-electron chi connectivity index (χ3n) is 6.00. The molecular formula is C22H27NO3. The first kappa shape index (κ1) is 18.6. The van der Waals surface area contributed by atoms with Crippen molar-refractivity contribution in [3.8, 4) is 0 Å². The SMILES string of the molecule is [C-]#[N+]C(C)(C)c1cccc(CCC2(C3CCCC3)CC(=O)CC(=O)O2)c1. The highest BCUT2D eigenvalue weighted by Gasteiger charge is 2.47. The fraction of sp³-hybridized carbons (Fsp3) is 0.591. The van der Waals surface area contributed by atoms with E-state index >= 15 is 0 Å². The maximum absolute atomic E-state index is 12.1. The van der Waals surface area contributed by atoms with E-state index < -0.39 is 11.1 Å². The molecule has 0 radical (unpaired) electrons. The maximum Gasteiger partial charge on any atom is 0.313 e. The molecule has 2 fully saturated rings. The number of carbonyl (C=O) groups is 2. The maximum atomic E-state index is 12.1. The Morgan fingerprint density at radius 3 is 2.65 bits per heavy atom. The van der Waals surface area contributed by atoms with Crippen LogP contribution in [0.25, 0.3) is 4.85 Å². The highest BCUT2D eigenvalue weighted by molar-refractivity contribution is 5.98. The van der Waals surface area contributed by atoms with E-state index in [0.717, 1.165) is 43.2 Å². The summed E-state index contributed by atoms with van der Waals surface area (Å²) >= 11 is 0. The van der Waals surface area contributed by atoms with E-state index in [1.165, 1.54) is 0 Å². The predicted octanol–water partition coefficient (Wildman–Crippen LogP) is 4.61. The number of rotatable bonds is 5. The number of ketones is 1. The Morgan fingerprint density at radius 2 is 2.00 bits per heavy atom. The first-order chi connectivity index (χ1) is 12.3. The molecule has 0 amide bonds. The zero-order valence-electron chi connectivity index (χ0n) is 15.7. The van der Waals surface area contributed by atoms with E-state index in [1.807, 2.05) is 26.0 Å². The lowest BCUT2D eigenvalue weighted by Crippen LogP contribution is -2.48. The van der Waals surface area contributed by atoms with Gasteiger partial charge in [-0.05, 0) is 43.2 Å². The van der Waals surface area contributed by atoms with Gasteiger partial charge in [-0.15, -0.1) is 0 Å². The van der Waals surface area contributed by atoms with Crippen LogP contribution in [0, 0.1) is 12.5 Å². The summed E-state index contributed by atoms with van der Waals surface area (Å²) in [5, 5.41) is 0. The monoisotopic (exact) mass is 353 g/mol. The molecule has 4 nitrogen and oxygen atoms in total. The zero-order valence-corrected chi connectivity index (χ0v) is 15.7. The summed E-state index contributed by atoms with van der Waals surface area (Å²) in [4.78, 5) is 27.9. The van der Waals surface area contributed by atoms with Crippen molar-refractivity contribution in [2.75, 3.05) is 0 Å². The predicted molar refractivity (Wildman–Crippen MR) is 99.4 cm³/mol. The summed E-state index contributed by atoms with van der Waals surface area (Å²) in [5.41, 5.74) is 0.947. The molecule has 1 aliphatic carbocycles. The molecule has 1 aromatic carbocycles. The lowest BCUT2D eigenvalue weighted by atomic mass is 9.76. The molecule has 1 atom stereocenters. The number of aryl methyl sites for hydroxylation is 1. The van der Waals surface area contributed by atoms with Gasteiger partial charge in [0.1, 0.15) is 17.8 Å². The van der Waals surface area contributed by atoms with Crippen LogP contribution in [-0.2, 0) is 26.3 Å². The normalized spacial score (nSPS) is 24.3. The van der Waals surface area contributed by atoms with Gasteiger partial charge in [0.15, 0.2) is 0 Å². The van der Waals surface area contributed by atoms with Gasteiger partial charge in [-0.25, -0.2) is 6.57 Å². The number of hydrogen-bond acceptors (Lipinski definition) is 3. The van der Waals surface area contributed by atoms with Gasteiger partial charge in [-0.3, -0.25) is 9.59 Å². The first-order valence-electron chi connectivity index (χ1n) is 9.56. The molecule has 138 valence electrons. The van der Waals surface area contributed by atoms with Gasteiger partial charge in [-0.2, -0.15) is 0 Å². The molecule has 1 heterocycles. The van der Waals surface area contributed by atoms with Crippen LogP contribution in [0.2, 0.25) is 0 Å². The second-order valence-electron chi connectivity index (χ2n) is 8.28. The number of hydrogen-bond donors (Lipinski definition) is 0. The van der Waals surface area contributed by atoms with Crippen molar-refractivity contribution < 1.29 is 14.3 Å². The number of nitrogens with zero attached hydrogens (tertiary/aromatic N) is 1. The Morgan fingerprint density at radius 1 is 1.27 bits per heavy atom. The largest absolute Gasteiger partial charge is 0.458 e. The molecule has 1 saturated heterocycles. The molecule has 2 aliphatic rings. The van der Waals surface area contributed by atoms with Crippen LogP contribution in [0.5, 0.6) is 0 Å². The fourth-order valence-electron chi connectivity index (χ4n) is 4.41. The van der Waals surface area contributed by atoms with Gasteiger partial charge < -0.3 is 9.58 Å². The first-order valence-corrected chi connectivity index (χ1v) is 9.56. The van der Waals surface area contributed by atoms with Gasteiger partial charge >= 0.3 is 5.97 Å². The number of cyclic esters (lactones) is 1. The van der Waals surface area contributed by atoms with Crippen LogP contribution in [0.15, 0.2) is 24.3 Å². The van der Waals surface area contributed by atoms with Crippen LogP contribution in [0.3, 0.4) is 0 Å². The molecule has 0 bridgehead atoms. The summed E-state index contributed by atoms with van der Waals surface area (Å²) in [6.45, 7) is 11.2. The second kappa shape index (κ2) is 7.23. The van der Waals surface area contributed by atoms with Crippen molar-refractivity contribution in [1.82, 2.24) is 0 Å². The Kier molecular flexibility index (Phi) is 5.18. The third kappa shape index (κ3) is 3.82. The highest BCUT2D eigenvalue weighted by Crippen LogP contribution is 2.44. The highest BCUT2D eigenvalue weighted by atomic mass is 16.6. The van der Waals surface area contributed by atoms with E-state index in [9.17, 15) is 9.59 Å². The van der Waals surface area contributed by atoms with Crippen molar-refractivity contribution in [2.45, 2.75) is 76.4 Å². The van der Waals surface area contributed by atoms with E-state index in [1.54, 1.807) is 0 Å². The number of ether oxygens (including phenoxy) is 1. The molecule has 1 saturated carbocycles. The van der Waals surface area contributed by atoms with E-state index in [0.29, 0.717) is 18.8 Å². The minimum Gasteiger partial charge on any atom is -0.458 e. The summed E-state index contributed by atoms with van der Waals surface area (Å²) in [6, 6.07) is 8.10. The van der Waals surface area contributed by atoms with Crippen molar-refractivity contribution >= 4 is 11.8 Å². The molecule has 0 aromatic heterocycles. The minimum atomic E-state index is -0.631. The van der Waals surface area contributed by atoms with Crippen molar-refractivity contribution in [2.24, 2.45) is 5.92 Å². The number of benzene rings is 1. The number of Topliss-reactive ketones (excluding diaryl/α,β-unsaturated/α-hetero) is 1. The standard InChI is InChI=1S/C22H27NO3/c1-21(2,23-3)18-10-6-7-16(13-18)11-12-22(17-8-4-5-9-17)15-19(24)14-20(25)26-22/h6-7,10,13,17H,4-5,8-9,11-12,14-15H2,1-2H3. The molecule has 1 unspecified atom stereocenters. The van der Waals surface area contributed by atoms with Gasteiger partial charge in [0.05, 0.1) is 0 Å². The Labute approximate surface area is 155 Å². The van der Waals surface area contributed by atoms with E-state index in [2.05, 4.69) is 17.0 Å². The summed E-state index contributed by atoms with van der Waals surface area (Å²) < 4.78 is 5.86. The smallest absolute Gasteiger partial charge is 0.313 e. The second-order valence-corrected chi connectivity index (χ2v) is 8.28. The Hall–Kier alpha value is -2.15. The van der Waals surface area contributed by atoms with Gasteiger partial charge in [0.25, 0.3) is 5.54 Å². The molecule has 4 heteroatoms. The van der Waals surface area contributed by atoms with Crippen molar-refractivity contribution in [1.29, 1.82) is 0 Å². The van der Waals surface area contributed by atoms with Crippen LogP contribution < -0.4 is 0 Å². The lowest BCUT2D eigenvalue weighted by molar-refractivity contribution is -0.178. The van der Waals surface area contributed by atoms with Crippen LogP contribution in [0.1, 0.15) is 69.9 Å². The van der Waals surface area contributed by atoms with Gasteiger partial charge in [0.2, 0.25) is 0 Å². The van der Waals surface area contributed by atoms with Gasteiger partial charge in [0, 0.05) is 25.8 Å². The summed E-state index contributed by atoms with van der Waals surface area (Å²) in [7, 11) is 0. The van der Waals surface area contributed by atoms with Gasteiger partial charge in [-0.1, -0.05) is 31.0 Å². The molecular weight excluding hydrogens is 326 g/mol. The molecule has 1 aromatic rings. The molecule has 3 rings (SSSR count). The lowest BCUT2D eigenvalue weighted by Gasteiger charge is -2.41. The molecule has 0 N–H and O–H groups in total. The Balaban J connectivity index is 1.81. The van der Waals surface area contributed by atoms with Crippen molar-refractivity contribution in [3.05, 3.63) is 46.8 Å². The quantitative estimate of drug-likeness (QED) is 0.441.